The van der Waals surface area contributed by atoms with Gasteiger partial charge in [0, 0.05) is 5.92 Å². The second-order valence-electron chi connectivity index (χ2n) is 4.53. The first-order chi connectivity index (χ1) is 7.88. The maximum atomic E-state index is 11.1. The molecule has 0 aliphatic heterocycles. The number of rotatable bonds is 1. The van der Waals surface area contributed by atoms with Crippen LogP contribution < -0.4 is 0 Å². The smallest absolute Gasteiger partial charge is 0.127 e. The van der Waals surface area contributed by atoms with E-state index in [0.29, 0.717) is 0 Å². The Kier molecular flexibility index (Phi) is 2.24. The second-order valence-corrected chi connectivity index (χ2v) is 4.53. The first-order valence-corrected chi connectivity index (χ1v) is 5.85. The third-order valence-electron chi connectivity index (χ3n) is 3.53. The van der Waals surface area contributed by atoms with Crippen LogP contribution in [0.3, 0.4) is 0 Å². The van der Waals surface area contributed by atoms with Crippen LogP contribution in [-0.2, 0) is 11.2 Å². The van der Waals surface area contributed by atoms with Crippen molar-refractivity contribution < 1.29 is 4.79 Å². The molecular weight excluding hydrogens is 196 g/mol. The first-order valence-electron chi connectivity index (χ1n) is 5.85. The molecule has 1 atom stereocenters. The maximum Gasteiger partial charge on any atom is 0.127 e. The normalized spacial score (nSPS) is 19.4. The van der Waals surface area contributed by atoms with E-state index in [2.05, 4.69) is 30.3 Å². The van der Waals surface area contributed by atoms with Crippen molar-refractivity contribution in [3.05, 3.63) is 47.5 Å². The van der Waals surface area contributed by atoms with Crippen LogP contribution in [0.1, 0.15) is 29.9 Å². The zero-order valence-electron chi connectivity index (χ0n) is 9.15. The largest absolute Gasteiger partial charge is 0.303 e. The van der Waals surface area contributed by atoms with E-state index in [-0.39, 0.29) is 5.92 Å². The Hall–Kier alpha value is -1.63. The van der Waals surface area contributed by atoms with Crippen LogP contribution in [0.4, 0.5) is 0 Å². The van der Waals surface area contributed by atoms with Gasteiger partial charge in [0.15, 0.2) is 0 Å². The molecule has 3 rings (SSSR count). The molecule has 0 radical (unpaired) electrons. The molecule has 0 saturated heterocycles. The molecule has 0 N–H and O–H groups in total. The number of carbonyl (C=O) groups is 1. The van der Waals surface area contributed by atoms with Crippen LogP contribution in [0, 0.1) is 0 Å². The highest BCUT2D eigenvalue weighted by molar-refractivity contribution is 5.85. The van der Waals surface area contributed by atoms with Gasteiger partial charge < -0.3 is 4.79 Å². The fraction of sp³-hybridized carbons (Fsp3) is 0.267. The molecule has 1 heteroatoms. The molecule has 1 aliphatic carbocycles. The Morgan fingerprint density at radius 2 is 1.88 bits per heavy atom. The third-order valence-corrected chi connectivity index (χ3v) is 3.53. The molecule has 0 aromatic heterocycles. The zero-order chi connectivity index (χ0) is 11.0. The molecule has 0 bridgehead atoms. The van der Waals surface area contributed by atoms with Crippen LogP contribution in [0.5, 0.6) is 0 Å². The standard InChI is InChI=1S/C15H14O/c16-10-14-7-3-6-13-8-11-4-1-2-5-12(11)9-15(13)14/h1-2,4-5,8-10,14H,3,6-7H2. The summed E-state index contributed by atoms with van der Waals surface area (Å²) >= 11 is 0. The van der Waals surface area contributed by atoms with E-state index in [1.807, 2.05) is 6.07 Å². The van der Waals surface area contributed by atoms with Crippen molar-refractivity contribution in [3.63, 3.8) is 0 Å². The van der Waals surface area contributed by atoms with Crippen molar-refractivity contribution in [1.82, 2.24) is 0 Å². The second kappa shape index (κ2) is 3.75. The molecular formula is C15H14O. The van der Waals surface area contributed by atoms with E-state index in [4.69, 9.17) is 0 Å². The van der Waals surface area contributed by atoms with Crippen LogP contribution in [0.25, 0.3) is 10.8 Å². The lowest BCUT2D eigenvalue weighted by molar-refractivity contribution is -0.109. The van der Waals surface area contributed by atoms with E-state index < -0.39 is 0 Å². The number of hydrogen-bond acceptors (Lipinski definition) is 1. The Morgan fingerprint density at radius 3 is 2.62 bits per heavy atom. The van der Waals surface area contributed by atoms with Gasteiger partial charge in [0.2, 0.25) is 0 Å². The van der Waals surface area contributed by atoms with Crippen molar-refractivity contribution in [2.24, 2.45) is 0 Å². The molecule has 1 unspecified atom stereocenters. The highest BCUT2D eigenvalue weighted by atomic mass is 16.1. The van der Waals surface area contributed by atoms with Gasteiger partial charge in [-0.3, -0.25) is 0 Å². The summed E-state index contributed by atoms with van der Waals surface area (Å²) < 4.78 is 0. The minimum Gasteiger partial charge on any atom is -0.303 e. The summed E-state index contributed by atoms with van der Waals surface area (Å²) in [5, 5.41) is 2.53. The van der Waals surface area contributed by atoms with Gasteiger partial charge in [-0.1, -0.05) is 36.4 Å². The van der Waals surface area contributed by atoms with Crippen molar-refractivity contribution in [2.45, 2.75) is 25.2 Å². The molecule has 1 nitrogen and oxygen atoms in total. The van der Waals surface area contributed by atoms with Gasteiger partial charge in [-0.15, -0.1) is 0 Å². The molecule has 0 spiro atoms. The lowest BCUT2D eigenvalue weighted by Gasteiger charge is -2.21. The lowest BCUT2D eigenvalue weighted by Crippen LogP contribution is -2.10. The number of hydrogen-bond donors (Lipinski definition) is 0. The maximum absolute atomic E-state index is 11.1. The number of aldehydes is 1. The van der Waals surface area contributed by atoms with Gasteiger partial charge in [0.05, 0.1) is 0 Å². The fourth-order valence-electron chi connectivity index (χ4n) is 2.68. The Balaban J connectivity index is 2.25. The van der Waals surface area contributed by atoms with E-state index in [0.717, 1.165) is 25.5 Å². The number of aryl methyl sites for hydroxylation is 1. The minimum absolute atomic E-state index is 0.119. The van der Waals surface area contributed by atoms with Crippen LogP contribution in [0.2, 0.25) is 0 Å². The molecule has 0 amide bonds. The van der Waals surface area contributed by atoms with Gasteiger partial charge in [0.1, 0.15) is 6.29 Å². The van der Waals surface area contributed by atoms with E-state index >= 15 is 0 Å². The summed E-state index contributed by atoms with van der Waals surface area (Å²) in [6.07, 6.45) is 4.36. The van der Waals surface area contributed by atoms with E-state index in [1.54, 1.807) is 0 Å². The Labute approximate surface area is 95.1 Å². The molecule has 2 aromatic rings. The summed E-state index contributed by atoms with van der Waals surface area (Å²) in [5.74, 6) is 0.119. The summed E-state index contributed by atoms with van der Waals surface area (Å²) in [4.78, 5) is 11.1. The molecule has 0 heterocycles. The minimum atomic E-state index is 0.119. The van der Waals surface area contributed by atoms with E-state index in [9.17, 15) is 4.79 Å². The third kappa shape index (κ3) is 1.44. The molecule has 0 saturated carbocycles. The van der Waals surface area contributed by atoms with Crippen LogP contribution in [0.15, 0.2) is 36.4 Å². The van der Waals surface area contributed by atoms with Crippen LogP contribution >= 0.6 is 0 Å². The zero-order valence-corrected chi connectivity index (χ0v) is 9.15. The SMILES string of the molecule is O=CC1CCCc2cc3ccccc3cc21. The fourth-order valence-corrected chi connectivity index (χ4v) is 2.68. The average Bonchev–Trinajstić information content (AvgIpc) is 2.35. The van der Waals surface area contributed by atoms with Gasteiger partial charge in [0.25, 0.3) is 0 Å². The first kappa shape index (κ1) is 9.59. The van der Waals surface area contributed by atoms with Gasteiger partial charge in [-0.2, -0.15) is 0 Å². The van der Waals surface area contributed by atoms with Gasteiger partial charge >= 0.3 is 0 Å². The van der Waals surface area contributed by atoms with Crippen molar-refractivity contribution in [2.75, 3.05) is 0 Å². The average molecular weight is 210 g/mol. The molecule has 2 aromatic carbocycles. The van der Waals surface area contributed by atoms with Gasteiger partial charge in [-0.05, 0) is 41.2 Å². The number of carbonyl (C=O) groups excluding carboxylic acids is 1. The monoisotopic (exact) mass is 210 g/mol. The summed E-state index contributed by atoms with van der Waals surface area (Å²) in [6, 6.07) is 12.8. The van der Waals surface area contributed by atoms with Gasteiger partial charge in [-0.25, -0.2) is 0 Å². The highest BCUT2D eigenvalue weighted by Crippen LogP contribution is 2.33. The summed E-state index contributed by atoms with van der Waals surface area (Å²) in [5.41, 5.74) is 2.61. The predicted molar refractivity (Wildman–Crippen MR) is 65.7 cm³/mol. The quantitative estimate of drug-likeness (QED) is 0.659. The number of benzene rings is 2. The topological polar surface area (TPSA) is 17.1 Å². The highest BCUT2D eigenvalue weighted by Gasteiger charge is 2.19. The summed E-state index contributed by atoms with van der Waals surface area (Å²) in [6.45, 7) is 0. The Morgan fingerprint density at radius 1 is 1.12 bits per heavy atom. The Bertz CT molecular complexity index is 542. The molecule has 1 aliphatic rings. The lowest BCUT2D eigenvalue weighted by atomic mass is 9.82. The van der Waals surface area contributed by atoms with E-state index in [1.165, 1.54) is 21.9 Å². The predicted octanol–water partition coefficient (Wildman–Crippen LogP) is 3.46. The molecule has 80 valence electrons. The van der Waals surface area contributed by atoms with Crippen molar-refractivity contribution in [1.29, 1.82) is 0 Å². The molecule has 0 fully saturated rings. The van der Waals surface area contributed by atoms with Crippen molar-refractivity contribution in [3.8, 4) is 0 Å². The summed E-state index contributed by atoms with van der Waals surface area (Å²) in [7, 11) is 0. The molecule has 16 heavy (non-hydrogen) atoms. The van der Waals surface area contributed by atoms with Crippen molar-refractivity contribution >= 4 is 17.1 Å². The number of fused-ring (bicyclic) bond motifs is 2. The van der Waals surface area contributed by atoms with Crippen LogP contribution in [-0.4, -0.2) is 6.29 Å².